The van der Waals surface area contributed by atoms with E-state index in [0.29, 0.717) is 18.4 Å². The molecule has 1 saturated carbocycles. The van der Waals surface area contributed by atoms with Crippen LogP contribution >= 0.6 is 0 Å². The van der Waals surface area contributed by atoms with Crippen molar-refractivity contribution in [3.63, 3.8) is 0 Å². The monoisotopic (exact) mass is 498 g/mol. The first kappa shape index (κ1) is 23.9. The van der Waals surface area contributed by atoms with Crippen LogP contribution in [0.4, 0.5) is 0 Å². The van der Waals surface area contributed by atoms with Crippen molar-refractivity contribution < 1.29 is 112 Å². The summed E-state index contributed by atoms with van der Waals surface area (Å²) in [6.07, 6.45) is 2.42. The van der Waals surface area contributed by atoms with E-state index in [9.17, 15) is 9.59 Å². The van der Waals surface area contributed by atoms with Gasteiger partial charge in [0.15, 0.2) is 0 Å². The third-order valence-electron chi connectivity index (χ3n) is 2.79. The summed E-state index contributed by atoms with van der Waals surface area (Å²) in [5.41, 5.74) is 0.520. The molecule has 3 nitrogen and oxygen atoms in total. The van der Waals surface area contributed by atoms with Gasteiger partial charge in [-0.1, -0.05) is 25.1 Å². The van der Waals surface area contributed by atoms with Crippen molar-refractivity contribution in [3.05, 3.63) is 42.3 Å². The van der Waals surface area contributed by atoms with Crippen LogP contribution in [0.2, 0.25) is 0 Å². The van der Waals surface area contributed by atoms with Crippen LogP contribution in [0.15, 0.2) is 30.3 Å². The van der Waals surface area contributed by atoms with Crippen molar-refractivity contribution in [1.82, 2.24) is 0 Å². The summed E-state index contributed by atoms with van der Waals surface area (Å²) < 4.78 is 5.30. The zero-order valence-corrected chi connectivity index (χ0v) is 20.0. The fourth-order valence-electron chi connectivity index (χ4n) is 2.03. The Bertz CT molecular complexity index is 423. The number of carbonyl (C=O) groups is 2. The molecule has 1 aliphatic rings. The maximum Gasteiger partial charge on any atom is 0.335 e. The van der Waals surface area contributed by atoms with Gasteiger partial charge in [0.2, 0.25) is 0 Å². The van der Waals surface area contributed by atoms with Crippen molar-refractivity contribution in [2.24, 2.45) is 5.92 Å². The first-order valence-corrected chi connectivity index (χ1v) is 5.78. The molecule has 20 heavy (non-hydrogen) atoms. The second-order valence-electron chi connectivity index (χ2n) is 4.43. The average Bonchev–Trinajstić information content (AvgIpc) is 2.28. The molecule has 2 atom stereocenters. The van der Waals surface area contributed by atoms with E-state index in [1.165, 1.54) is 0 Å². The number of hydrogen-bond acceptors (Lipinski definition) is 3. The molecular formula is C14H15O3Y3-. The number of rotatable bonds is 2. The predicted molar refractivity (Wildman–Crippen MR) is 63.4 cm³/mol. The molecule has 0 saturated heterocycles. The molecule has 3 radical (unpaired) electrons. The number of benzene rings is 1. The molecule has 1 aromatic carbocycles. The Balaban J connectivity index is 0. The molecule has 1 aliphatic carbocycles. The fraction of sp³-hybridized carbons (Fsp3) is 0.357. The van der Waals surface area contributed by atoms with Gasteiger partial charge in [-0.25, -0.2) is 4.79 Å². The average molecular weight is 498 g/mol. The van der Waals surface area contributed by atoms with Crippen LogP contribution in [0.25, 0.3) is 0 Å². The molecule has 0 unspecified atom stereocenters. The molecule has 1 aromatic rings. The molecule has 0 spiro atoms. The summed E-state index contributed by atoms with van der Waals surface area (Å²) in [6.45, 7) is 1.96. The predicted octanol–water partition coefficient (Wildman–Crippen LogP) is 2.41. The molecule has 0 heterocycles. The minimum atomic E-state index is -0.376. The number of ether oxygens (including phenoxy) is 1. The first-order chi connectivity index (χ1) is 8.15. The second kappa shape index (κ2) is 12.1. The first-order valence-electron chi connectivity index (χ1n) is 5.78. The Hall–Kier alpha value is 1.67. The van der Waals surface area contributed by atoms with E-state index in [1.807, 2.05) is 19.4 Å². The summed E-state index contributed by atoms with van der Waals surface area (Å²) in [5, 5.41) is 0. The molecule has 6 heteroatoms. The van der Waals surface area contributed by atoms with Gasteiger partial charge in [-0.3, -0.25) is 11.2 Å². The Kier molecular flexibility index (Phi) is 14.5. The van der Waals surface area contributed by atoms with Crippen LogP contribution in [0, 0.1) is 12.3 Å². The standard InChI is InChI=1S/C14H15O3.3Y/c1-10-7-12(15)9-13(8-10)17-14(16)11-5-3-2-4-6-11;;;/h2-6,8,10,13H,7,9H2,1H3;;;/q-1;;;/t10-,13+;;;/m1.../s1. The maximum atomic E-state index is 11.8. The number of hydrogen-bond donors (Lipinski definition) is 0. The molecule has 0 aliphatic heterocycles. The minimum Gasteiger partial charge on any atom is -0.491 e. The molecule has 0 amide bonds. The molecule has 0 N–H and O–H groups in total. The molecule has 99 valence electrons. The topological polar surface area (TPSA) is 43.4 Å². The van der Waals surface area contributed by atoms with Crippen LogP contribution in [0.3, 0.4) is 0 Å². The van der Waals surface area contributed by atoms with E-state index in [4.69, 9.17) is 4.74 Å². The van der Waals surface area contributed by atoms with E-state index in [2.05, 4.69) is 0 Å². The minimum absolute atomic E-state index is 0. The van der Waals surface area contributed by atoms with Gasteiger partial charge in [-0.2, -0.15) is 5.92 Å². The van der Waals surface area contributed by atoms with Gasteiger partial charge in [0.25, 0.3) is 0 Å². The summed E-state index contributed by atoms with van der Waals surface area (Å²) >= 11 is 0. The van der Waals surface area contributed by atoms with Crippen molar-refractivity contribution in [1.29, 1.82) is 0 Å². The van der Waals surface area contributed by atoms with Crippen LogP contribution in [0.1, 0.15) is 30.1 Å². The Labute approximate surface area is 195 Å². The fourth-order valence-corrected chi connectivity index (χ4v) is 2.03. The van der Waals surface area contributed by atoms with Gasteiger partial charge in [0, 0.05) is 105 Å². The van der Waals surface area contributed by atoms with Crippen molar-refractivity contribution in [2.45, 2.75) is 25.9 Å². The van der Waals surface area contributed by atoms with Crippen LogP contribution < -0.4 is 0 Å². The smallest absolute Gasteiger partial charge is 0.335 e. The van der Waals surface area contributed by atoms with E-state index in [1.54, 1.807) is 24.3 Å². The van der Waals surface area contributed by atoms with Gasteiger partial charge >= 0.3 is 5.97 Å². The number of esters is 1. The SMILES string of the molecule is C[C@H]1[CH-][C@H](OC(=O)c2ccccc2)CC(=O)C1.[Y].[Y].[Y]. The summed E-state index contributed by atoms with van der Waals surface area (Å²) in [4.78, 5) is 23.2. The largest absolute Gasteiger partial charge is 0.491 e. The third kappa shape index (κ3) is 7.79. The zero-order chi connectivity index (χ0) is 12.3. The van der Waals surface area contributed by atoms with E-state index < -0.39 is 0 Å². The number of carbonyl (C=O) groups excluding carboxylic acids is 2. The van der Waals surface area contributed by atoms with Crippen LogP contribution in [0.5, 0.6) is 0 Å². The normalized spacial score (nSPS) is 20.8. The maximum absolute atomic E-state index is 11.8. The van der Waals surface area contributed by atoms with E-state index in [0.717, 1.165) is 0 Å². The quantitative estimate of drug-likeness (QED) is 0.465. The van der Waals surface area contributed by atoms with Gasteiger partial charge in [0.05, 0.1) is 5.56 Å². The van der Waals surface area contributed by atoms with Gasteiger partial charge in [0.1, 0.15) is 5.78 Å². The Morgan fingerprint density at radius 3 is 2.30 bits per heavy atom. The summed E-state index contributed by atoms with van der Waals surface area (Å²) in [5.74, 6) is -0.0237. The molecular weight excluding hydrogens is 483 g/mol. The molecule has 2 rings (SSSR count). The van der Waals surface area contributed by atoms with Crippen LogP contribution in [-0.2, 0) is 108 Å². The van der Waals surface area contributed by atoms with Gasteiger partial charge in [-0.05, 0) is 24.7 Å². The zero-order valence-electron chi connectivity index (χ0n) is 11.5. The molecule has 1 fully saturated rings. The Morgan fingerprint density at radius 1 is 1.15 bits per heavy atom. The molecule has 0 aromatic heterocycles. The van der Waals surface area contributed by atoms with E-state index in [-0.39, 0.29) is 122 Å². The second-order valence-corrected chi connectivity index (χ2v) is 4.43. The number of ketones is 1. The Morgan fingerprint density at radius 2 is 1.75 bits per heavy atom. The van der Waals surface area contributed by atoms with Crippen molar-refractivity contribution >= 4 is 11.8 Å². The summed E-state index contributed by atoms with van der Waals surface area (Å²) in [7, 11) is 0. The van der Waals surface area contributed by atoms with Gasteiger partial charge < -0.3 is 4.74 Å². The van der Waals surface area contributed by atoms with E-state index >= 15 is 0 Å². The number of Topliss-reactive ketones (excluding diaryl/α,β-unsaturated/α-hetero) is 1. The third-order valence-corrected chi connectivity index (χ3v) is 2.79. The van der Waals surface area contributed by atoms with Crippen LogP contribution in [-0.4, -0.2) is 17.9 Å². The van der Waals surface area contributed by atoms with Crippen molar-refractivity contribution in [3.8, 4) is 0 Å². The van der Waals surface area contributed by atoms with Gasteiger partial charge in [-0.15, -0.1) is 0 Å². The molecule has 0 bridgehead atoms. The van der Waals surface area contributed by atoms with Crippen molar-refractivity contribution in [2.75, 3.05) is 0 Å². The summed E-state index contributed by atoms with van der Waals surface area (Å²) in [6, 6.07) is 8.83.